The smallest absolute Gasteiger partial charge is 0.412 e. The Bertz CT molecular complexity index is 1100. The maximum atomic E-state index is 12.7. The van der Waals surface area contributed by atoms with E-state index in [1.807, 2.05) is 49.4 Å². The van der Waals surface area contributed by atoms with E-state index in [9.17, 15) is 14.7 Å². The number of hydroxylamine groups is 1. The predicted octanol–water partition coefficient (Wildman–Crippen LogP) is 5.31. The largest absolute Gasteiger partial charge is 0.507 e. The summed E-state index contributed by atoms with van der Waals surface area (Å²) < 4.78 is 5.87. The molecular weight excluding hydrogens is 408 g/mol. The molecule has 3 aromatic rings. The van der Waals surface area contributed by atoms with E-state index in [1.54, 1.807) is 35.8 Å². The third-order valence-electron chi connectivity index (χ3n) is 5.18. The number of carbonyl (C=O) groups is 2. The number of phenolic OH excluding ortho intramolecular Hbond substituents is 1. The van der Waals surface area contributed by atoms with Gasteiger partial charge in [0.15, 0.2) is 0 Å². The number of allylic oxidation sites excluding steroid dienone is 1. The van der Waals surface area contributed by atoms with Crippen LogP contribution in [-0.2, 0) is 9.53 Å². The zero-order valence-electron chi connectivity index (χ0n) is 17.7. The van der Waals surface area contributed by atoms with Crippen LogP contribution in [0.25, 0.3) is 10.8 Å². The number of para-hydroxylation sites is 1. The molecule has 0 unspecified atom stereocenters. The zero-order chi connectivity index (χ0) is 22.9. The summed E-state index contributed by atoms with van der Waals surface area (Å²) in [7, 11) is 0. The highest BCUT2D eigenvalue weighted by Gasteiger charge is 2.26. The van der Waals surface area contributed by atoms with Crippen LogP contribution in [0.15, 0.2) is 78.9 Å². The molecule has 166 valence electrons. The minimum Gasteiger partial charge on any atom is -0.507 e. The van der Waals surface area contributed by atoms with E-state index in [-0.39, 0.29) is 11.7 Å². The SMILES string of the molecule is C[C@@H](CC/C=C/C(=O)NO)[C@@H](OC(=O)Nc1ccccc1)c1ccc(O)c2ccccc12. The first-order chi connectivity index (χ1) is 15.5. The van der Waals surface area contributed by atoms with Gasteiger partial charge < -0.3 is 9.84 Å². The Kier molecular flexibility index (Phi) is 7.83. The first-order valence-corrected chi connectivity index (χ1v) is 10.3. The molecule has 2 atom stereocenters. The molecule has 3 aromatic carbocycles. The van der Waals surface area contributed by atoms with E-state index >= 15 is 0 Å². The zero-order valence-corrected chi connectivity index (χ0v) is 17.7. The Labute approximate surface area is 186 Å². The van der Waals surface area contributed by atoms with E-state index in [4.69, 9.17) is 9.94 Å². The number of fused-ring (bicyclic) bond motifs is 1. The molecule has 32 heavy (non-hydrogen) atoms. The average Bonchev–Trinajstić information content (AvgIpc) is 2.81. The number of benzene rings is 3. The number of rotatable bonds is 8. The molecular formula is C25H26N2O5. The Morgan fingerprint density at radius 2 is 1.69 bits per heavy atom. The summed E-state index contributed by atoms with van der Waals surface area (Å²) in [5.74, 6) is -0.550. The summed E-state index contributed by atoms with van der Waals surface area (Å²) in [4.78, 5) is 23.8. The summed E-state index contributed by atoms with van der Waals surface area (Å²) in [5.41, 5.74) is 2.96. The average molecular weight is 434 g/mol. The number of carbonyl (C=O) groups excluding carboxylic acids is 2. The van der Waals surface area contributed by atoms with E-state index in [1.165, 1.54) is 6.08 Å². The Hall–Kier alpha value is -3.84. The van der Waals surface area contributed by atoms with Gasteiger partial charge in [0.05, 0.1) is 0 Å². The molecule has 7 nitrogen and oxygen atoms in total. The van der Waals surface area contributed by atoms with Gasteiger partial charge in [0, 0.05) is 22.7 Å². The number of ether oxygens (including phenoxy) is 1. The second-order valence-electron chi connectivity index (χ2n) is 7.47. The molecule has 3 rings (SSSR count). The fourth-order valence-electron chi connectivity index (χ4n) is 3.56. The van der Waals surface area contributed by atoms with Crippen LogP contribution in [0.3, 0.4) is 0 Å². The Morgan fingerprint density at radius 3 is 2.41 bits per heavy atom. The normalized spacial score (nSPS) is 12.9. The van der Waals surface area contributed by atoms with Crippen molar-refractivity contribution in [1.82, 2.24) is 5.48 Å². The fraction of sp³-hybridized carbons (Fsp3) is 0.200. The summed E-state index contributed by atoms with van der Waals surface area (Å²) >= 11 is 0. The van der Waals surface area contributed by atoms with Crippen LogP contribution >= 0.6 is 0 Å². The van der Waals surface area contributed by atoms with Crippen LogP contribution in [0.1, 0.15) is 31.4 Å². The number of nitrogens with one attached hydrogen (secondary N) is 2. The van der Waals surface area contributed by atoms with Crippen LogP contribution in [-0.4, -0.2) is 22.3 Å². The third-order valence-corrected chi connectivity index (χ3v) is 5.18. The summed E-state index contributed by atoms with van der Waals surface area (Å²) in [6, 6.07) is 19.8. The van der Waals surface area contributed by atoms with Crippen LogP contribution in [0.2, 0.25) is 0 Å². The molecule has 0 spiro atoms. The first-order valence-electron chi connectivity index (χ1n) is 10.3. The van der Waals surface area contributed by atoms with Gasteiger partial charge >= 0.3 is 6.09 Å². The molecule has 0 saturated carbocycles. The minimum atomic E-state index is -0.600. The van der Waals surface area contributed by atoms with Gasteiger partial charge in [-0.3, -0.25) is 15.3 Å². The molecule has 0 heterocycles. The minimum absolute atomic E-state index is 0.105. The van der Waals surface area contributed by atoms with Crippen molar-refractivity contribution in [3.63, 3.8) is 0 Å². The molecule has 7 heteroatoms. The van der Waals surface area contributed by atoms with Crippen LogP contribution in [0.5, 0.6) is 5.75 Å². The summed E-state index contributed by atoms with van der Waals surface area (Å²) in [6.45, 7) is 1.96. The number of aromatic hydroxyl groups is 1. The van der Waals surface area contributed by atoms with Gasteiger partial charge in [0.1, 0.15) is 11.9 Å². The number of phenols is 1. The van der Waals surface area contributed by atoms with Crippen LogP contribution < -0.4 is 10.8 Å². The monoisotopic (exact) mass is 434 g/mol. The van der Waals surface area contributed by atoms with E-state index in [0.717, 1.165) is 10.9 Å². The van der Waals surface area contributed by atoms with E-state index < -0.39 is 18.1 Å². The molecule has 0 aliphatic heterocycles. The second-order valence-corrected chi connectivity index (χ2v) is 7.47. The molecule has 0 saturated heterocycles. The molecule has 0 radical (unpaired) electrons. The maximum absolute atomic E-state index is 12.7. The van der Waals surface area contributed by atoms with Crippen molar-refractivity contribution >= 4 is 28.5 Å². The molecule has 4 N–H and O–H groups in total. The first kappa shape index (κ1) is 22.8. The van der Waals surface area contributed by atoms with Crippen molar-refractivity contribution < 1.29 is 24.6 Å². The molecule has 0 aliphatic carbocycles. The number of hydrogen-bond acceptors (Lipinski definition) is 5. The van der Waals surface area contributed by atoms with Gasteiger partial charge in [-0.2, -0.15) is 0 Å². The van der Waals surface area contributed by atoms with Gasteiger partial charge in [0.25, 0.3) is 5.91 Å². The molecule has 2 amide bonds. The van der Waals surface area contributed by atoms with Crippen molar-refractivity contribution in [2.75, 3.05) is 5.32 Å². The van der Waals surface area contributed by atoms with Crippen molar-refractivity contribution in [1.29, 1.82) is 0 Å². The van der Waals surface area contributed by atoms with Gasteiger partial charge in [-0.25, -0.2) is 10.3 Å². The lowest BCUT2D eigenvalue weighted by Crippen LogP contribution is -2.22. The van der Waals surface area contributed by atoms with Crippen molar-refractivity contribution in [3.8, 4) is 5.75 Å². The lowest BCUT2D eigenvalue weighted by molar-refractivity contribution is -0.124. The fourth-order valence-corrected chi connectivity index (χ4v) is 3.56. The highest BCUT2D eigenvalue weighted by molar-refractivity contribution is 5.91. The molecule has 0 aliphatic rings. The molecule has 0 aromatic heterocycles. The van der Waals surface area contributed by atoms with E-state index in [2.05, 4.69) is 5.32 Å². The summed E-state index contributed by atoms with van der Waals surface area (Å²) in [5, 5.41) is 23.1. The van der Waals surface area contributed by atoms with E-state index in [0.29, 0.717) is 23.9 Å². The van der Waals surface area contributed by atoms with Crippen molar-refractivity contribution in [3.05, 3.63) is 84.4 Å². The highest BCUT2D eigenvalue weighted by atomic mass is 16.6. The maximum Gasteiger partial charge on any atom is 0.412 e. The quantitative estimate of drug-likeness (QED) is 0.218. The van der Waals surface area contributed by atoms with Gasteiger partial charge in [-0.05, 0) is 42.3 Å². The Morgan fingerprint density at radius 1 is 1.00 bits per heavy atom. The highest BCUT2D eigenvalue weighted by Crippen LogP contribution is 2.37. The van der Waals surface area contributed by atoms with Crippen LogP contribution in [0.4, 0.5) is 10.5 Å². The lowest BCUT2D eigenvalue weighted by atomic mass is 9.89. The van der Waals surface area contributed by atoms with Crippen LogP contribution in [0, 0.1) is 5.92 Å². The molecule has 0 fully saturated rings. The van der Waals surface area contributed by atoms with Crippen molar-refractivity contribution in [2.45, 2.75) is 25.9 Å². The third kappa shape index (κ3) is 5.86. The topological polar surface area (TPSA) is 108 Å². The summed E-state index contributed by atoms with van der Waals surface area (Å²) in [6.07, 6.45) is 2.89. The predicted molar refractivity (Wildman–Crippen MR) is 122 cm³/mol. The second kappa shape index (κ2) is 11.0. The number of hydrogen-bond donors (Lipinski definition) is 4. The van der Waals surface area contributed by atoms with Gasteiger partial charge in [0.2, 0.25) is 0 Å². The number of anilines is 1. The number of amides is 2. The molecule has 0 bridgehead atoms. The van der Waals surface area contributed by atoms with Gasteiger partial charge in [-0.1, -0.05) is 61.5 Å². The lowest BCUT2D eigenvalue weighted by Gasteiger charge is -2.26. The standard InChI is InChI=1S/C25H26N2O5/c1-17(9-5-8-14-23(29)27-31)24(32-25(30)26-18-10-3-2-4-11-18)21-15-16-22(28)20-13-7-6-12-19(20)21/h2-4,6-8,10-17,24,28,31H,5,9H2,1H3,(H,26,30)(H,27,29)/b14-8+/t17-,24+/m0/s1. The van der Waals surface area contributed by atoms with Crippen molar-refractivity contribution in [2.24, 2.45) is 5.92 Å². The van der Waals surface area contributed by atoms with Gasteiger partial charge in [-0.15, -0.1) is 0 Å². The Balaban J connectivity index is 1.86.